The van der Waals surface area contributed by atoms with Gasteiger partial charge in [-0.2, -0.15) is 0 Å². The van der Waals surface area contributed by atoms with Crippen molar-refractivity contribution in [3.63, 3.8) is 0 Å². The standard InChI is InChI=1S/C20H24N2O3/c1-3-13-22(14-17-11-7-8-12-18(17)23)19(24)15-21(2)20(25)16-9-5-4-6-10-16/h4-12,23H,3,13-15H2,1-2H3. The highest BCUT2D eigenvalue weighted by atomic mass is 16.3. The third-order valence-corrected chi connectivity index (χ3v) is 3.94. The number of rotatable bonds is 7. The number of likely N-dealkylation sites (N-methyl/N-ethyl adjacent to an activating group) is 1. The fourth-order valence-corrected chi connectivity index (χ4v) is 2.59. The molecule has 5 nitrogen and oxygen atoms in total. The first kappa shape index (κ1) is 18.5. The number of aromatic hydroxyl groups is 1. The zero-order chi connectivity index (χ0) is 18.2. The number of phenols is 1. The van der Waals surface area contributed by atoms with Gasteiger partial charge in [0.2, 0.25) is 5.91 Å². The van der Waals surface area contributed by atoms with Crippen molar-refractivity contribution >= 4 is 11.8 Å². The van der Waals surface area contributed by atoms with E-state index < -0.39 is 0 Å². The number of phenolic OH excluding ortho intramolecular Hbond substituents is 1. The Morgan fingerprint density at radius 1 is 1.00 bits per heavy atom. The minimum absolute atomic E-state index is 0.00131. The van der Waals surface area contributed by atoms with Gasteiger partial charge in [-0.25, -0.2) is 0 Å². The van der Waals surface area contributed by atoms with Gasteiger partial charge < -0.3 is 14.9 Å². The molecule has 2 aromatic carbocycles. The smallest absolute Gasteiger partial charge is 0.254 e. The van der Waals surface area contributed by atoms with Crippen molar-refractivity contribution in [3.8, 4) is 5.75 Å². The van der Waals surface area contributed by atoms with Crippen LogP contribution in [0.25, 0.3) is 0 Å². The molecule has 1 N–H and O–H groups in total. The Bertz CT molecular complexity index is 716. The molecule has 0 heterocycles. The average molecular weight is 340 g/mol. The number of benzene rings is 2. The SMILES string of the molecule is CCCN(Cc1ccccc1O)C(=O)CN(C)C(=O)c1ccccc1. The summed E-state index contributed by atoms with van der Waals surface area (Å²) in [5, 5.41) is 9.93. The molecule has 0 saturated carbocycles. The molecule has 132 valence electrons. The van der Waals surface area contributed by atoms with Crippen molar-refractivity contribution in [3.05, 3.63) is 65.7 Å². The Hall–Kier alpha value is -2.82. The second-order valence-corrected chi connectivity index (χ2v) is 5.97. The summed E-state index contributed by atoms with van der Waals surface area (Å²) >= 11 is 0. The summed E-state index contributed by atoms with van der Waals surface area (Å²) in [5.41, 5.74) is 1.25. The van der Waals surface area contributed by atoms with E-state index in [1.165, 1.54) is 4.90 Å². The maximum atomic E-state index is 12.6. The molecule has 0 aliphatic carbocycles. The maximum absolute atomic E-state index is 12.6. The Morgan fingerprint density at radius 2 is 1.64 bits per heavy atom. The third kappa shape index (κ3) is 5.08. The van der Waals surface area contributed by atoms with Gasteiger partial charge >= 0.3 is 0 Å². The van der Waals surface area contributed by atoms with Crippen LogP contribution < -0.4 is 0 Å². The van der Waals surface area contributed by atoms with E-state index in [4.69, 9.17) is 0 Å². The number of para-hydroxylation sites is 1. The number of hydrogen-bond acceptors (Lipinski definition) is 3. The molecular weight excluding hydrogens is 316 g/mol. The highest BCUT2D eigenvalue weighted by Crippen LogP contribution is 2.18. The highest BCUT2D eigenvalue weighted by Gasteiger charge is 2.20. The van der Waals surface area contributed by atoms with E-state index in [0.717, 1.165) is 6.42 Å². The van der Waals surface area contributed by atoms with Crippen molar-refractivity contribution in [2.45, 2.75) is 19.9 Å². The van der Waals surface area contributed by atoms with E-state index in [2.05, 4.69) is 0 Å². The van der Waals surface area contributed by atoms with Crippen LogP contribution in [0.15, 0.2) is 54.6 Å². The Kier molecular flexibility index (Phi) is 6.57. The zero-order valence-corrected chi connectivity index (χ0v) is 14.7. The predicted molar refractivity (Wildman–Crippen MR) is 97.2 cm³/mol. The Labute approximate surface area is 148 Å². The molecule has 2 rings (SSSR count). The quantitative estimate of drug-likeness (QED) is 0.843. The van der Waals surface area contributed by atoms with Gasteiger partial charge in [0.1, 0.15) is 5.75 Å². The molecule has 0 aliphatic rings. The van der Waals surface area contributed by atoms with E-state index in [1.54, 1.807) is 54.4 Å². The monoisotopic (exact) mass is 340 g/mol. The molecule has 2 aromatic rings. The van der Waals surface area contributed by atoms with Crippen LogP contribution >= 0.6 is 0 Å². The molecule has 2 amide bonds. The van der Waals surface area contributed by atoms with E-state index in [9.17, 15) is 14.7 Å². The molecular formula is C20H24N2O3. The van der Waals surface area contributed by atoms with Crippen LogP contribution in [0.4, 0.5) is 0 Å². The van der Waals surface area contributed by atoms with Gasteiger partial charge in [-0.3, -0.25) is 9.59 Å². The zero-order valence-electron chi connectivity index (χ0n) is 14.7. The summed E-state index contributed by atoms with van der Waals surface area (Å²) in [6.07, 6.45) is 0.801. The fraction of sp³-hybridized carbons (Fsp3) is 0.300. The van der Waals surface area contributed by atoms with E-state index >= 15 is 0 Å². The molecule has 0 unspecified atom stereocenters. The topological polar surface area (TPSA) is 60.9 Å². The van der Waals surface area contributed by atoms with E-state index in [-0.39, 0.29) is 24.1 Å². The molecule has 0 fully saturated rings. The normalized spacial score (nSPS) is 10.3. The molecule has 0 aliphatic heterocycles. The summed E-state index contributed by atoms with van der Waals surface area (Å²) < 4.78 is 0. The van der Waals surface area contributed by atoms with Gasteiger partial charge in [-0.05, 0) is 24.6 Å². The molecule has 0 saturated heterocycles. The van der Waals surface area contributed by atoms with Crippen molar-refractivity contribution in [2.24, 2.45) is 0 Å². The lowest BCUT2D eigenvalue weighted by Gasteiger charge is -2.25. The summed E-state index contributed by atoms with van der Waals surface area (Å²) in [6, 6.07) is 15.9. The minimum Gasteiger partial charge on any atom is -0.508 e. The Balaban J connectivity index is 2.04. The minimum atomic E-state index is -0.187. The van der Waals surface area contributed by atoms with Crippen LogP contribution in [-0.2, 0) is 11.3 Å². The lowest BCUT2D eigenvalue weighted by Crippen LogP contribution is -2.41. The molecule has 0 radical (unpaired) electrons. The van der Waals surface area contributed by atoms with Gasteiger partial charge in [-0.15, -0.1) is 0 Å². The number of carbonyl (C=O) groups excluding carboxylic acids is 2. The largest absolute Gasteiger partial charge is 0.508 e. The lowest BCUT2D eigenvalue weighted by molar-refractivity contribution is -0.132. The van der Waals surface area contributed by atoms with Crippen LogP contribution in [0, 0.1) is 0 Å². The first-order chi connectivity index (χ1) is 12.0. The van der Waals surface area contributed by atoms with Gasteiger partial charge in [0.15, 0.2) is 0 Å². The number of hydrogen-bond donors (Lipinski definition) is 1. The molecule has 0 bridgehead atoms. The summed E-state index contributed by atoms with van der Waals surface area (Å²) in [4.78, 5) is 28.1. The van der Waals surface area contributed by atoms with Gasteiger partial charge in [0, 0.05) is 31.3 Å². The first-order valence-electron chi connectivity index (χ1n) is 8.38. The number of amides is 2. The van der Waals surface area contributed by atoms with Crippen LogP contribution in [0.5, 0.6) is 5.75 Å². The van der Waals surface area contributed by atoms with Crippen molar-refractivity contribution in [1.29, 1.82) is 0 Å². The van der Waals surface area contributed by atoms with Gasteiger partial charge in [-0.1, -0.05) is 43.3 Å². The van der Waals surface area contributed by atoms with Crippen LogP contribution in [0.2, 0.25) is 0 Å². The third-order valence-electron chi connectivity index (χ3n) is 3.94. The van der Waals surface area contributed by atoms with Gasteiger partial charge in [0.05, 0.1) is 6.54 Å². The number of carbonyl (C=O) groups is 2. The van der Waals surface area contributed by atoms with E-state index in [1.807, 2.05) is 19.1 Å². The molecule has 0 aromatic heterocycles. The second-order valence-electron chi connectivity index (χ2n) is 5.97. The van der Waals surface area contributed by atoms with Crippen molar-refractivity contribution in [1.82, 2.24) is 9.80 Å². The second kappa shape index (κ2) is 8.87. The molecule has 25 heavy (non-hydrogen) atoms. The van der Waals surface area contributed by atoms with Crippen molar-refractivity contribution < 1.29 is 14.7 Å². The Morgan fingerprint density at radius 3 is 2.28 bits per heavy atom. The van der Waals surface area contributed by atoms with Crippen LogP contribution in [-0.4, -0.2) is 46.9 Å². The van der Waals surface area contributed by atoms with E-state index in [0.29, 0.717) is 24.2 Å². The highest BCUT2D eigenvalue weighted by molar-refractivity contribution is 5.96. The lowest BCUT2D eigenvalue weighted by atomic mass is 10.1. The number of nitrogens with zero attached hydrogens (tertiary/aromatic N) is 2. The van der Waals surface area contributed by atoms with Crippen molar-refractivity contribution in [2.75, 3.05) is 20.1 Å². The molecule has 0 atom stereocenters. The maximum Gasteiger partial charge on any atom is 0.254 e. The summed E-state index contributed by atoms with van der Waals surface area (Å²) in [6.45, 7) is 2.89. The summed E-state index contributed by atoms with van der Waals surface area (Å²) in [5.74, 6) is -0.157. The van der Waals surface area contributed by atoms with Gasteiger partial charge in [0.25, 0.3) is 5.91 Å². The predicted octanol–water partition coefficient (Wildman–Crippen LogP) is 2.90. The molecule has 5 heteroatoms. The molecule has 0 spiro atoms. The van der Waals surface area contributed by atoms with Crippen LogP contribution in [0.3, 0.4) is 0 Å². The fourth-order valence-electron chi connectivity index (χ4n) is 2.59. The summed E-state index contributed by atoms with van der Waals surface area (Å²) in [7, 11) is 1.62. The first-order valence-corrected chi connectivity index (χ1v) is 8.38. The average Bonchev–Trinajstić information content (AvgIpc) is 2.63. The van der Waals surface area contributed by atoms with Crippen LogP contribution in [0.1, 0.15) is 29.3 Å².